The molecule has 0 aromatic heterocycles. The molecule has 96 valence electrons. The first kappa shape index (κ1) is 11.2. The summed E-state index contributed by atoms with van der Waals surface area (Å²) in [6.45, 7) is 4.31. The molecule has 2 N–H and O–H groups in total. The lowest BCUT2D eigenvalue weighted by Gasteiger charge is -2.43. The van der Waals surface area contributed by atoms with Crippen LogP contribution in [0.4, 0.5) is 0 Å². The number of fused-ring (bicyclic) bond motifs is 7. The van der Waals surface area contributed by atoms with E-state index in [4.69, 9.17) is 0 Å². The molecular formula is C17H17NO. The van der Waals surface area contributed by atoms with Gasteiger partial charge in [0.25, 0.3) is 0 Å². The predicted molar refractivity (Wildman–Crippen MR) is 74.8 cm³/mol. The van der Waals surface area contributed by atoms with Crippen LogP contribution in [0.2, 0.25) is 0 Å². The average Bonchev–Trinajstić information content (AvgIpc) is 2.66. The van der Waals surface area contributed by atoms with E-state index in [0.29, 0.717) is 0 Å². The number of nitrogens with one attached hydrogen (secondary N) is 1. The molecule has 2 aromatic rings. The minimum atomic E-state index is -0.513. The molecule has 0 saturated carbocycles. The summed E-state index contributed by atoms with van der Waals surface area (Å²) in [5.41, 5.74) is 4.11. The van der Waals surface area contributed by atoms with Crippen LogP contribution in [0.5, 0.6) is 0 Å². The fourth-order valence-corrected chi connectivity index (χ4v) is 3.96. The van der Waals surface area contributed by atoms with Crippen LogP contribution in [0.15, 0.2) is 48.5 Å². The van der Waals surface area contributed by atoms with Crippen LogP contribution in [0.25, 0.3) is 0 Å². The molecule has 0 unspecified atom stereocenters. The maximum atomic E-state index is 10.8. The second kappa shape index (κ2) is 3.27. The Morgan fingerprint density at radius 3 is 2.21 bits per heavy atom. The third-order valence-electron chi connectivity index (χ3n) is 4.88. The zero-order valence-electron chi connectivity index (χ0n) is 11.1. The fourth-order valence-electron chi connectivity index (χ4n) is 3.96. The molecular weight excluding hydrogens is 234 g/mol. The van der Waals surface area contributed by atoms with Gasteiger partial charge in [-0.05, 0) is 36.1 Å². The summed E-state index contributed by atoms with van der Waals surface area (Å²) in [6, 6.07) is 16.6. The monoisotopic (exact) mass is 251 g/mol. The molecule has 3 atom stereocenters. The second-order valence-electron chi connectivity index (χ2n) is 5.99. The molecule has 4 rings (SSSR count). The first-order valence-electron chi connectivity index (χ1n) is 6.74. The average molecular weight is 251 g/mol. The minimum Gasteiger partial charge on any atom is -0.386 e. The lowest BCUT2D eigenvalue weighted by Crippen LogP contribution is -2.52. The van der Waals surface area contributed by atoms with Crippen molar-refractivity contribution in [2.24, 2.45) is 0 Å². The van der Waals surface area contributed by atoms with Gasteiger partial charge in [0.15, 0.2) is 0 Å². The van der Waals surface area contributed by atoms with Crippen molar-refractivity contribution in [3.63, 3.8) is 0 Å². The molecule has 2 bridgehead atoms. The van der Waals surface area contributed by atoms with Crippen LogP contribution >= 0.6 is 0 Å². The number of aliphatic hydroxyl groups excluding tert-OH is 1. The summed E-state index contributed by atoms with van der Waals surface area (Å²) in [7, 11) is 0. The van der Waals surface area contributed by atoms with Crippen molar-refractivity contribution < 1.29 is 5.11 Å². The van der Waals surface area contributed by atoms with Crippen molar-refractivity contribution in [2.75, 3.05) is 0 Å². The van der Waals surface area contributed by atoms with Gasteiger partial charge in [-0.3, -0.25) is 5.32 Å². The van der Waals surface area contributed by atoms with Crippen molar-refractivity contribution in [2.45, 2.75) is 31.0 Å². The molecule has 19 heavy (non-hydrogen) atoms. The van der Waals surface area contributed by atoms with Gasteiger partial charge in [0.2, 0.25) is 0 Å². The molecule has 2 heterocycles. The van der Waals surface area contributed by atoms with E-state index in [0.717, 1.165) is 5.56 Å². The first-order valence-corrected chi connectivity index (χ1v) is 6.74. The Morgan fingerprint density at radius 2 is 1.47 bits per heavy atom. The predicted octanol–water partition coefficient (Wildman–Crippen LogP) is 2.82. The largest absolute Gasteiger partial charge is 0.386 e. The highest BCUT2D eigenvalue weighted by Crippen LogP contribution is 2.55. The van der Waals surface area contributed by atoms with E-state index in [1.54, 1.807) is 0 Å². The van der Waals surface area contributed by atoms with Gasteiger partial charge in [-0.15, -0.1) is 0 Å². The standard InChI is InChI=1S/C17H17NO/c1-16-12-8-4-3-7-11(12)15(19)17(2,18-16)14-10-6-5-9-13(14)16/h3-10,15,18-19H,1-2H3/t15-,16+,17+/m1/s1. The Hall–Kier alpha value is -1.64. The molecule has 0 radical (unpaired) electrons. The molecule has 2 aromatic carbocycles. The Bertz CT molecular complexity index is 667. The van der Waals surface area contributed by atoms with E-state index in [1.165, 1.54) is 16.7 Å². The first-order chi connectivity index (χ1) is 9.07. The summed E-state index contributed by atoms with van der Waals surface area (Å²) < 4.78 is 0. The van der Waals surface area contributed by atoms with Crippen molar-refractivity contribution in [3.05, 3.63) is 70.8 Å². The van der Waals surface area contributed by atoms with Crippen LogP contribution in [-0.4, -0.2) is 5.11 Å². The maximum Gasteiger partial charge on any atom is 0.101 e. The van der Waals surface area contributed by atoms with Gasteiger partial charge in [0, 0.05) is 0 Å². The zero-order chi connectivity index (χ0) is 13.3. The van der Waals surface area contributed by atoms with E-state index in [2.05, 4.69) is 43.4 Å². The molecule has 2 aliphatic rings. The molecule has 2 heteroatoms. The lowest BCUT2D eigenvalue weighted by atomic mass is 9.78. The second-order valence-corrected chi connectivity index (χ2v) is 5.99. The van der Waals surface area contributed by atoms with E-state index in [-0.39, 0.29) is 5.54 Å². The Labute approximate surface area is 113 Å². The Kier molecular flexibility index (Phi) is 1.93. The molecule has 0 aliphatic carbocycles. The van der Waals surface area contributed by atoms with Crippen molar-refractivity contribution >= 4 is 0 Å². The zero-order valence-corrected chi connectivity index (χ0v) is 11.1. The highest BCUT2D eigenvalue weighted by molar-refractivity contribution is 5.57. The number of benzene rings is 2. The van der Waals surface area contributed by atoms with Gasteiger partial charge in [0.05, 0.1) is 11.1 Å². The van der Waals surface area contributed by atoms with Gasteiger partial charge < -0.3 is 5.11 Å². The van der Waals surface area contributed by atoms with Gasteiger partial charge in [0.1, 0.15) is 6.10 Å². The third-order valence-corrected chi connectivity index (χ3v) is 4.88. The van der Waals surface area contributed by atoms with E-state index >= 15 is 0 Å². The SMILES string of the molecule is C[C@@]12N[C@@](C)(c3ccccc31)[C@H](O)c1ccccc12. The van der Waals surface area contributed by atoms with Gasteiger partial charge in [-0.2, -0.15) is 0 Å². The summed E-state index contributed by atoms with van der Waals surface area (Å²) in [4.78, 5) is 0. The molecule has 2 nitrogen and oxygen atoms in total. The Morgan fingerprint density at radius 1 is 0.895 bits per heavy atom. The van der Waals surface area contributed by atoms with Gasteiger partial charge in [-0.25, -0.2) is 0 Å². The maximum absolute atomic E-state index is 10.8. The quantitative estimate of drug-likeness (QED) is 0.754. The topological polar surface area (TPSA) is 32.3 Å². The number of aliphatic hydroxyl groups is 1. The van der Waals surface area contributed by atoms with Crippen LogP contribution in [0.1, 0.15) is 42.2 Å². The summed E-state index contributed by atoms with van der Waals surface area (Å²) >= 11 is 0. The number of hydrogen-bond donors (Lipinski definition) is 2. The van der Waals surface area contributed by atoms with Crippen molar-refractivity contribution in [1.29, 1.82) is 0 Å². The number of rotatable bonds is 0. The van der Waals surface area contributed by atoms with E-state index in [1.807, 2.05) is 24.3 Å². The fraction of sp³-hybridized carbons (Fsp3) is 0.294. The molecule has 0 fully saturated rings. The third kappa shape index (κ3) is 1.14. The normalized spacial score (nSPS) is 34.8. The summed E-state index contributed by atoms with van der Waals surface area (Å²) in [5, 5.41) is 14.5. The Balaban J connectivity index is 2.13. The smallest absolute Gasteiger partial charge is 0.101 e. The number of hydrogen-bond acceptors (Lipinski definition) is 2. The highest BCUT2D eigenvalue weighted by atomic mass is 16.3. The summed E-state index contributed by atoms with van der Waals surface area (Å²) in [6.07, 6.45) is -0.513. The lowest BCUT2D eigenvalue weighted by molar-refractivity contribution is 0.0483. The van der Waals surface area contributed by atoms with E-state index < -0.39 is 11.6 Å². The van der Waals surface area contributed by atoms with Crippen LogP contribution < -0.4 is 5.32 Å². The minimum absolute atomic E-state index is 0.207. The van der Waals surface area contributed by atoms with Gasteiger partial charge in [-0.1, -0.05) is 48.5 Å². The molecule has 0 saturated heterocycles. The van der Waals surface area contributed by atoms with Gasteiger partial charge >= 0.3 is 0 Å². The van der Waals surface area contributed by atoms with Crippen LogP contribution in [-0.2, 0) is 11.1 Å². The van der Waals surface area contributed by atoms with Crippen LogP contribution in [0, 0.1) is 0 Å². The van der Waals surface area contributed by atoms with E-state index in [9.17, 15) is 5.11 Å². The van der Waals surface area contributed by atoms with Crippen molar-refractivity contribution in [3.8, 4) is 0 Å². The van der Waals surface area contributed by atoms with Crippen LogP contribution in [0.3, 0.4) is 0 Å². The molecule has 2 aliphatic heterocycles. The molecule has 0 amide bonds. The molecule has 0 spiro atoms. The van der Waals surface area contributed by atoms with Crippen molar-refractivity contribution in [1.82, 2.24) is 5.32 Å². The highest BCUT2D eigenvalue weighted by Gasteiger charge is 2.56. The summed E-state index contributed by atoms with van der Waals surface area (Å²) in [5.74, 6) is 0.